The van der Waals surface area contributed by atoms with Crippen molar-refractivity contribution < 1.29 is 27.9 Å². The predicted molar refractivity (Wildman–Crippen MR) is 79.2 cm³/mol. The highest BCUT2D eigenvalue weighted by Crippen LogP contribution is 2.21. The molecule has 1 rings (SSSR count). The van der Waals surface area contributed by atoms with Crippen molar-refractivity contribution in [3.63, 3.8) is 0 Å². The maximum atomic E-state index is 12.3. The van der Waals surface area contributed by atoms with Crippen LogP contribution in [0.15, 0.2) is 24.3 Å². The molecule has 0 bridgehead atoms. The van der Waals surface area contributed by atoms with Crippen LogP contribution in [0.25, 0.3) is 0 Å². The van der Waals surface area contributed by atoms with Gasteiger partial charge in [0.05, 0.1) is 6.04 Å². The lowest BCUT2D eigenvalue weighted by Crippen LogP contribution is -2.46. The Morgan fingerprint density at radius 1 is 1.26 bits per heavy atom. The Morgan fingerprint density at radius 2 is 1.78 bits per heavy atom. The lowest BCUT2D eigenvalue weighted by Gasteiger charge is -2.27. The van der Waals surface area contributed by atoms with Gasteiger partial charge in [0, 0.05) is 17.8 Å². The zero-order chi connectivity index (χ0) is 17.8. The van der Waals surface area contributed by atoms with Gasteiger partial charge in [-0.3, -0.25) is 14.5 Å². The lowest BCUT2D eigenvalue weighted by molar-refractivity contribution is -0.208. The zero-order valence-corrected chi connectivity index (χ0v) is 13.0. The number of benzene rings is 1. The number of likely N-dealkylation sites (N-methyl/N-ethyl adjacent to an activating group) is 1. The molecule has 1 aromatic rings. The topological polar surface area (TPSA) is 69.6 Å². The van der Waals surface area contributed by atoms with E-state index in [0.717, 1.165) is 4.90 Å². The van der Waals surface area contributed by atoms with Crippen LogP contribution in [-0.4, -0.2) is 53.6 Å². The summed E-state index contributed by atoms with van der Waals surface area (Å²) in [5, 5.41) is 11.6. The van der Waals surface area contributed by atoms with Gasteiger partial charge in [0.2, 0.25) is 5.91 Å². The van der Waals surface area contributed by atoms with Crippen molar-refractivity contribution in [2.75, 3.05) is 18.9 Å². The Balaban J connectivity index is 2.64. The van der Waals surface area contributed by atoms with E-state index in [4.69, 9.17) is 5.11 Å². The smallest absolute Gasteiger partial charge is 0.382 e. The molecule has 0 saturated carbocycles. The van der Waals surface area contributed by atoms with Gasteiger partial charge < -0.3 is 10.4 Å². The molecule has 0 radical (unpaired) electrons. The van der Waals surface area contributed by atoms with E-state index in [1.807, 2.05) is 0 Å². The molecule has 0 aromatic heterocycles. The van der Waals surface area contributed by atoms with Gasteiger partial charge in [-0.1, -0.05) is 0 Å². The molecule has 0 aliphatic heterocycles. The Labute approximate surface area is 132 Å². The molecule has 2 unspecified atom stereocenters. The number of rotatable bonds is 6. The first-order valence-corrected chi connectivity index (χ1v) is 6.89. The Morgan fingerprint density at radius 3 is 2.22 bits per heavy atom. The summed E-state index contributed by atoms with van der Waals surface area (Å²) < 4.78 is 37.0. The molecular weight excluding hydrogens is 313 g/mol. The quantitative estimate of drug-likeness (QED) is 0.783. The largest absolute Gasteiger partial charge is 0.415 e. The second kappa shape index (κ2) is 7.56. The zero-order valence-electron chi connectivity index (χ0n) is 13.0. The van der Waals surface area contributed by atoms with Crippen molar-refractivity contribution in [1.82, 2.24) is 4.90 Å². The Kier molecular flexibility index (Phi) is 6.28. The van der Waals surface area contributed by atoms with Crippen LogP contribution in [0, 0.1) is 0 Å². The number of halogens is 3. The molecule has 0 aliphatic carbocycles. The Hall–Kier alpha value is -1.93. The minimum Gasteiger partial charge on any atom is -0.382 e. The number of alkyl halides is 3. The van der Waals surface area contributed by atoms with Crippen LogP contribution < -0.4 is 5.32 Å². The van der Waals surface area contributed by atoms with Gasteiger partial charge in [0.1, 0.15) is 0 Å². The van der Waals surface area contributed by atoms with Gasteiger partial charge in [0.25, 0.3) is 0 Å². The Bertz CT molecular complexity index is 558. The summed E-state index contributed by atoms with van der Waals surface area (Å²) in [6, 6.07) is 5.27. The van der Waals surface area contributed by atoms with Crippen LogP contribution in [0.5, 0.6) is 0 Å². The third-order valence-corrected chi connectivity index (χ3v) is 3.44. The number of ketones is 1. The van der Waals surface area contributed by atoms with Crippen molar-refractivity contribution >= 4 is 17.4 Å². The third-order valence-electron chi connectivity index (χ3n) is 3.44. The average molecular weight is 332 g/mol. The average Bonchev–Trinajstić information content (AvgIpc) is 2.45. The summed E-state index contributed by atoms with van der Waals surface area (Å²) in [5.41, 5.74) is 0.915. The molecular formula is C15H19F3N2O3. The highest BCUT2D eigenvalue weighted by atomic mass is 19.4. The molecule has 5 nitrogen and oxygen atoms in total. The van der Waals surface area contributed by atoms with Crippen LogP contribution in [0.2, 0.25) is 0 Å². The van der Waals surface area contributed by atoms with E-state index < -0.39 is 30.8 Å². The van der Waals surface area contributed by atoms with Gasteiger partial charge in [-0.15, -0.1) is 0 Å². The summed E-state index contributed by atoms with van der Waals surface area (Å²) in [6.45, 7) is 2.14. The molecule has 0 spiro atoms. The number of hydrogen-bond donors (Lipinski definition) is 2. The summed E-state index contributed by atoms with van der Waals surface area (Å²) >= 11 is 0. The number of nitrogens with one attached hydrogen (secondary N) is 1. The molecule has 2 N–H and O–H groups in total. The lowest BCUT2D eigenvalue weighted by atomic mass is 10.1. The number of amides is 1. The summed E-state index contributed by atoms with van der Waals surface area (Å²) in [7, 11) is 1.32. The van der Waals surface area contributed by atoms with Crippen LogP contribution in [-0.2, 0) is 4.79 Å². The number of nitrogens with zero attached hydrogens (tertiary/aromatic N) is 1. The van der Waals surface area contributed by atoms with Gasteiger partial charge in [-0.25, -0.2) is 0 Å². The van der Waals surface area contributed by atoms with Crippen LogP contribution in [0.1, 0.15) is 24.2 Å². The van der Waals surface area contributed by atoms with E-state index in [0.29, 0.717) is 11.3 Å². The first kappa shape index (κ1) is 19.1. The molecule has 0 saturated heterocycles. The van der Waals surface area contributed by atoms with E-state index in [-0.39, 0.29) is 5.78 Å². The monoisotopic (exact) mass is 332 g/mol. The minimum absolute atomic E-state index is 0.114. The van der Waals surface area contributed by atoms with Crippen LogP contribution in [0.4, 0.5) is 18.9 Å². The summed E-state index contributed by atoms with van der Waals surface area (Å²) in [5.74, 6) is -0.630. The number of carbonyl (C=O) groups excluding carboxylic acids is 2. The number of hydrogen-bond acceptors (Lipinski definition) is 4. The number of carbonyl (C=O) groups is 2. The van der Waals surface area contributed by atoms with E-state index in [1.165, 1.54) is 33.0 Å². The van der Waals surface area contributed by atoms with Crippen molar-refractivity contribution in [1.29, 1.82) is 0 Å². The predicted octanol–water partition coefficient (Wildman–Crippen LogP) is 2.07. The fourth-order valence-corrected chi connectivity index (χ4v) is 1.77. The second-order valence-electron chi connectivity index (χ2n) is 5.30. The minimum atomic E-state index is -4.73. The molecule has 2 atom stereocenters. The maximum Gasteiger partial charge on any atom is 0.415 e. The van der Waals surface area contributed by atoms with E-state index >= 15 is 0 Å². The fourth-order valence-electron chi connectivity index (χ4n) is 1.77. The first-order chi connectivity index (χ1) is 10.5. The highest BCUT2D eigenvalue weighted by Gasteiger charge is 2.39. The fraction of sp³-hybridized carbons (Fsp3) is 0.467. The normalized spacial score (nSPS) is 14.4. The van der Waals surface area contributed by atoms with E-state index in [1.54, 1.807) is 12.1 Å². The van der Waals surface area contributed by atoms with Gasteiger partial charge in [0.15, 0.2) is 11.9 Å². The number of anilines is 1. The van der Waals surface area contributed by atoms with Crippen molar-refractivity contribution in [3.05, 3.63) is 29.8 Å². The molecule has 128 valence electrons. The van der Waals surface area contributed by atoms with Gasteiger partial charge in [-0.05, 0) is 45.2 Å². The van der Waals surface area contributed by atoms with E-state index in [9.17, 15) is 22.8 Å². The molecule has 1 amide bonds. The molecule has 0 heterocycles. The maximum absolute atomic E-state index is 12.3. The molecule has 0 aliphatic rings. The number of aliphatic hydroxyl groups excluding tert-OH is 1. The standard InChI is InChI=1S/C15H19F3N2O3/c1-9(20(3)8-13(22)15(16,17)18)14(23)19-12-6-4-11(5-7-12)10(2)21/h4-7,9,13,22H,8H2,1-3H3,(H,19,23). The SMILES string of the molecule is CC(=O)c1ccc(NC(=O)C(C)N(C)CC(O)C(F)(F)F)cc1. The summed E-state index contributed by atoms with van der Waals surface area (Å²) in [4.78, 5) is 24.3. The van der Waals surface area contributed by atoms with Crippen LogP contribution in [0.3, 0.4) is 0 Å². The van der Waals surface area contributed by atoms with Crippen molar-refractivity contribution in [2.45, 2.75) is 32.2 Å². The van der Waals surface area contributed by atoms with Crippen molar-refractivity contribution in [3.8, 4) is 0 Å². The van der Waals surface area contributed by atoms with E-state index in [2.05, 4.69) is 5.32 Å². The molecule has 23 heavy (non-hydrogen) atoms. The number of Topliss-reactive ketones (excluding diaryl/α,β-unsaturated/α-hetero) is 1. The molecule has 0 fully saturated rings. The van der Waals surface area contributed by atoms with Crippen molar-refractivity contribution in [2.24, 2.45) is 0 Å². The first-order valence-electron chi connectivity index (χ1n) is 6.89. The molecule has 1 aromatic carbocycles. The molecule has 8 heteroatoms. The van der Waals surface area contributed by atoms with Gasteiger partial charge >= 0.3 is 6.18 Å². The van der Waals surface area contributed by atoms with Crippen LogP contribution >= 0.6 is 0 Å². The highest BCUT2D eigenvalue weighted by molar-refractivity contribution is 5.96. The summed E-state index contributed by atoms with van der Waals surface area (Å²) in [6.07, 6.45) is -7.25. The number of aliphatic hydroxyl groups is 1. The third kappa shape index (κ3) is 5.65. The second-order valence-corrected chi connectivity index (χ2v) is 5.30. The van der Waals surface area contributed by atoms with Gasteiger partial charge in [-0.2, -0.15) is 13.2 Å².